The van der Waals surface area contributed by atoms with Crippen molar-refractivity contribution in [1.82, 2.24) is 4.31 Å². The number of amides is 1. The molecule has 0 aliphatic carbocycles. The first kappa shape index (κ1) is 18.1. The van der Waals surface area contributed by atoms with Gasteiger partial charge in [-0.25, -0.2) is 8.42 Å². The minimum absolute atomic E-state index is 0.0427. The van der Waals surface area contributed by atoms with Crippen LogP contribution in [0, 0.1) is 6.92 Å². The van der Waals surface area contributed by atoms with Crippen LogP contribution in [0.3, 0.4) is 0 Å². The number of piperazine rings is 1. The highest BCUT2D eigenvalue weighted by atomic mass is 32.2. The first-order valence-electron chi connectivity index (χ1n) is 8.19. The van der Waals surface area contributed by atoms with Gasteiger partial charge in [0.25, 0.3) is 15.9 Å². The number of anilines is 1. The van der Waals surface area contributed by atoms with Crippen molar-refractivity contribution < 1.29 is 18.1 Å². The lowest BCUT2D eigenvalue weighted by Gasteiger charge is -2.30. The van der Waals surface area contributed by atoms with Crippen molar-refractivity contribution in [2.75, 3.05) is 38.0 Å². The minimum Gasteiger partial charge on any atom is -0.325 e. The molecule has 0 spiro atoms. The summed E-state index contributed by atoms with van der Waals surface area (Å²) < 4.78 is 26.9. The van der Waals surface area contributed by atoms with Crippen molar-refractivity contribution in [3.05, 3.63) is 47.3 Å². The highest BCUT2D eigenvalue weighted by Gasteiger charge is 2.31. The van der Waals surface area contributed by atoms with Crippen LogP contribution in [0.4, 0.5) is 5.69 Å². The molecule has 8 heteroatoms. The zero-order valence-electron chi connectivity index (χ0n) is 14.1. The molecule has 2 N–H and O–H groups in total. The number of hydrogen-bond acceptors (Lipinski definition) is 4. The Morgan fingerprint density at radius 1 is 1.20 bits per heavy atom. The SMILES string of the molecule is Cc1ccccc1NC(=O)C[NH+]1CCN(S(=O)(=O)c2cccs2)CC1. The monoisotopic (exact) mass is 380 g/mol. The summed E-state index contributed by atoms with van der Waals surface area (Å²) in [6, 6.07) is 11.0. The van der Waals surface area contributed by atoms with Gasteiger partial charge in [-0.05, 0) is 30.0 Å². The van der Waals surface area contributed by atoms with E-state index in [2.05, 4.69) is 5.32 Å². The average molecular weight is 381 g/mol. The molecule has 1 aromatic heterocycles. The Morgan fingerprint density at radius 2 is 1.92 bits per heavy atom. The van der Waals surface area contributed by atoms with Crippen LogP contribution in [-0.2, 0) is 14.8 Å². The summed E-state index contributed by atoms with van der Waals surface area (Å²) in [7, 11) is -3.39. The first-order valence-corrected chi connectivity index (χ1v) is 10.5. The number of hydrogen-bond donors (Lipinski definition) is 2. The van der Waals surface area contributed by atoms with Gasteiger partial charge < -0.3 is 10.2 Å². The Bertz CT molecular complexity index is 827. The highest BCUT2D eigenvalue weighted by Crippen LogP contribution is 2.20. The van der Waals surface area contributed by atoms with E-state index in [1.54, 1.807) is 17.5 Å². The molecule has 0 unspecified atom stereocenters. The molecule has 2 heterocycles. The molecule has 1 aromatic carbocycles. The molecule has 3 rings (SSSR count). The third kappa shape index (κ3) is 4.27. The van der Waals surface area contributed by atoms with Crippen molar-refractivity contribution in [2.24, 2.45) is 0 Å². The summed E-state index contributed by atoms with van der Waals surface area (Å²) in [6.45, 7) is 4.44. The van der Waals surface area contributed by atoms with Crippen molar-refractivity contribution in [3.8, 4) is 0 Å². The molecule has 0 saturated carbocycles. The predicted octanol–water partition coefficient (Wildman–Crippen LogP) is 0.584. The van der Waals surface area contributed by atoms with E-state index in [-0.39, 0.29) is 5.91 Å². The fourth-order valence-corrected chi connectivity index (χ4v) is 5.48. The lowest BCUT2D eigenvalue weighted by Crippen LogP contribution is -3.15. The summed E-state index contributed by atoms with van der Waals surface area (Å²) in [6.07, 6.45) is 0. The van der Waals surface area contributed by atoms with Gasteiger partial charge in [0.05, 0.1) is 26.2 Å². The minimum atomic E-state index is -3.39. The van der Waals surface area contributed by atoms with Gasteiger partial charge in [-0.15, -0.1) is 11.3 Å². The summed E-state index contributed by atoms with van der Waals surface area (Å²) in [5.74, 6) is -0.0427. The molecule has 1 aliphatic rings. The number of carbonyl (C=O) groups is 1. The zero-order chi connectivity index (χ0) is 17.9. The van der Waals surface area contributed by atoms with Crippen LogP contribution in [0.15, 0.2) is 46.0 Å². The normalized spacial score (nSPS) is 16.7. The van der Waals surface area contributed by atoms with Crippen molar-refractivity contribution in [3.63, 3.8) is 0 Å². The van der Waals surface area contributed by atoms with Gasteiger partial charge in [0.15, 0.2) is 6.54 Å². The molecule has 1 amide bonds. The highest BCUT2D eigenvalue weighted by molar-refractivity contribution is 7.91. The summed E-state index contributed by atoms with van der Waals surface area (Å²) in [4.78, 5) is 13.3. The number of thiophene rings is 1. The Balaban J connectivity index is 1.53. The Hall–Kier alpha value is -1.74. The fraction of sp³-hybridized carbons (Fsp3) is 0.353. The molecule has 1 saturated heterocycles. The Labute approximate surface area is 152 Å². The fourth-order valence-electron chi connectivity index (χ4n) is 2.89. The van der Waals surface area contributed by atoms with E-state index in [0.717, 1.165) is 16.2 Å². The molecule has 0 atom stereocenters. The van der Waals surface area contributed by atoms with Gasteiger partial charge in [-0.2, -0.15) is 4.31 Å². The van der Waals surface area contributed by atoms with Gasteiger partial charge in [0.2, 0.25) is 0 Å². The van der Waals surface area contributed by atoms with Crippen molar-refractivity contribution >= 4 is 33.0 Å². The van der Waals surface area contributed by atoms with E-state index in [4.69, 9.17) is 0 Å². The van der Waals surface area contributed by atoms with Crippen LogP contribution in [-0.4, -0.2) is 51.4 Å². The van der Waals surface area contributed by atoms with E-state index < -0.39 is 10.0 Å². The quantitative estimate of drug-likeness (QED) is 0.797. The number of sulfonamides is 1. The number of nitrogens with zero attached hydrogens (tertiary/aromatic N) is 1. The van der Waals surface area contributed by atoms with Gasteiger partial charge >= 0.3 is 0 Å². The molecule has 1 aliphatic heterocycles. The van der Waals surface area contributed by atoms with Crippen LogP contribution in [0.2, 0.25) is 0 Å². The van der Waals surface area contributed by atoms with Crippen LogP contribution < -0.4 is 10.2 Å². The second-order valence-electron chi connectivity index (χ2n) is 6.13. The number of para-hydroxylation sites is 1. The maximum Gasteiger partial charge on any atom is 0.279 e. The standard InChI is InChI=1S/C17H21N3O3S2/c1-14-5-2-3-6-15(14)18-16(21)13-19-8-10-20(11-9-19)25(22,23)17-7-4-12-24-17/h2-7,12H,8-11,13H2,1H3,(H,18,21)/p+1. The second kappa shape index (κ2) is 7.65. The molecular weight excluding hydrogens is 358 g/mol. The lowest BCUT2D eigenvalue weighted by atomic mass is 10.2. The van der Waals surface area contributed by atoms with E-state index >= 15 is 0 Å². The zero-order valence-corrected chi connectivity index (χ0v) is 15.7. The third-order valence-corrected chi connectivity index (χ3v) is 7.62. The van der Waals surface area contributed by atoms with Crippen molar-refractivity contribution in [2.45, 2.75) is 11.1 Å². The number of quaternary nitrogens is 1. The first-order chi connectivity index (χ1) is 12.0. The van der Waals surface area contributed by atoms with E-state index in [1.807, 2.05) is 31.2 Å². The smallest absolute Gasteiger partial charge is 0.279 e. The average Bonchev–Trinajstić information content (AvgIpc) is 3.13. The molecule has 25 heavy (non-hydrogen) atoms. The van der Waals surface area contributed by atoms with Gasteiger partial charge in [0.1, 0.15) is 4.21 Å². The van der Waals surface area contributed by atoms with Crippen LogP contribution in [0.25, 0.3) is 0 Å². The summed E-state index contributed by atoms with van der Waals surface area (Å²) >= 11 is 1.24. The number of aryl methyl sites for hydroxylation is 1. The molecule has 1 fully saturated rings. The summed E-state index contributed by atoms with van der Waals surface area (Å²) in [5, 5.41) is 4.70. The van der Waals surface area contributed by atoms with E-state index in [0.29, 0.717) is 36.9 Å². The predicted molar refractivity (Wildman–Crippen MR) is 98.5 cm³/mol. The van der Waals surface area contributed by atoms with Crippen LogP contribution in [0.1, 0.15) is 5.56 Å². The topological polar surface area (TPSA) is 70.9 Å². The maximum atomic E-state index is 12.5. The van der Waals surface area contributed by atoms with Gasteiger partial charge in [0, 0.05) is 5.69 Å². The number of nitrogens with one attached hydrogen (secondary N) is 2. The Kier molecular flexibility index (Phi) is 5.53. The molecule has 6 nitrogen and oxygen atoms in total. The Morgan fingerprint density at radius 3 is 2.56 bits per heavy atom. The molecular formula is C17H22N3O3S2+. The summed E-state index contributed by atoms with van der Waals surface area (Å²) in [5.41, 5.74) is 1.85. The molecule has 0 radical (unpaired) electrons. The van der Waals surface area contributed by atoms with Crippen LogP contribution >= 0.6 is 11.3 Å². The second-order valence-corrected chi connectivity index (χ2v) is 9.24. The maximum absolute atomic E-state index is 12.5. The van der Waals surface area contributed by atoms with E-state index in [1.165, 1.54) is 15.6 Å². The van der Waals surface area contributed by atoms with E-state index in [9.17, 15) is 13.2 Å². The van der Waals surface area contributed by atoms with Crippen LogP contribution in [0.5, 0.6) is 0 Å². The largest absolute Gasteiger partial charge is 0.325 e. The van der Waals surface area contributed by atoms with Gasteiger partial charge in [-0.3, -0.25) is 4.79 Å². The number of rotatable bonds is 5. The molecule has 134 valence electrons. The number of carbonyl (C=O) groups excluding carboxylic acids is 1. The van der Waals surface area contributed by atoms with Crippen molar-refractivity contribution in [1.29, 1.82) is 0 Å². The number of benzene rings is 1. The lowest BCUT2D eigenvalue weighted by molar-refractivity contribution is -0.895. The van der Waals surface area contributed by atoms with Gasteiger partial charge in [-0.1, -0.05) is 24.3 Å². The third-order valence-electron chi connectivity index (χ3n) is 4.35. The molecule has 2 aromatic rings. The molecule has 0 bridgehead atoms.